The number of carbonyl (C=O) groups is 1. The van der Waals surface area contributed by atoms with Gasteiger partial charge in [0.15, 0.2) is 0 Å². The van der Waals surface area contributed by atoms with Gasteiger partial charge in [0.1, 0.15) is 0 Å². The fraction of sp³-hybridized carbons (Fsp3) is 0.533. The molecule has 2 N–H and O–H groups in total. The molecule has 1 saturated heterocycles. The van der Waals surface area contributed by atoms with E-state index in [1.807, 2.05) is 35.2 Å². The second-order valence-electron chi connectivity index (χ2n) is 5.03. The number of rotatable bonds is 4. The summed E-state index contributed by atoms with van der Waals surface area (Å²) in [5.74, 6) is 0.709. The first-order valence-electron chi connectivity index (χ1n) is 7.11. The van der Waals surface area contributed by atoms with Gasteiger partial charge in [0, 0.05) is 18.8 Å². The molecule has 0 saturated carbocycles. The Kier molecular flexibility index (Phi) is 5.21. The molecule has 0 radical (unpaired) electrons. The summed E-state index contributed by atoms with van der Waals surface area (Å²) in [7, 11) is 0. The number of para-hydroxylation sites is 1. The summed E-state index contributed by atoms with van der Waals surface area (Å²) in [4.78, 5) is 14.0. The molecule has 1 aliphatic rings. The van der Waals surface area contributed by atoms with Crippen molar-refractivity contribution in [3.8, 4) is 0 Å². The lowest BCUT2D eigenvalue weighted by Crippen LogP contribution is -2.42. The van der Waals surface area contributed by atoms with Gasteiger partial charge in [-0.3, -0.25) is 0 Å². The van der Waals surface area contributed by atoms with Gasteiger partial charge in [-0.1, -0.05) is 25.1 Å². The number of amides is 2. The molecular weight excluding hydrogens is 238 g/mol. The van der Waals surface area contributed by atoms with E-state index in [0.717, 1.165) is 44.7 Å². The molecule has 0 bridgehead atoms. The van der Waals surface area contributed by atoms with E-state index in [-0.39, 0.29) is 6.03 Å². The Hall–Kier alpha value is -1.55. The minimum Gasteiger partial charge on any atom is -0.325 e. The lowest BCUT2D eigenvalue weighted by molar-refractivity contribution is 0.182. The summed E-state index contributed by atoms with van der Waals surface area (Å²) in [6.07, 6.45) is 2.18. The van der Waals surface area contributed by atoms with Gasteiger partial charge in [-0.2, -0.15) is 0 Å². The highest BCUT2D eigenvalue weighted by atomic mass is 16.2. The minimum absolute atomic E-state index is 0.0214. The summed E-state index contributed by atoms with van der Waals surface area (Å²) in [6.45, 7) is 5.94. The maximum absolute atomic E-state index is 12.1. The molecule has 1 aromatic rings. The van der Waals surface area contributed by atoms with Crippen LogP contribution in [-0.2, 0) is 0 Å². The summed E-state index contributed by atoms with van der Waals surface area (Å²) in [5.41, 5.74) is 0.863. The van der Waals surface area contributed by atoms with Crippen molar-refractivity contribution in [1.29, 1.82) is 0 Å². The van der Waals surface area contributed by atoms with Crippen molar-refractivity contribution in [3.05, 3.63) is 30.3 Å². The fourth-order valence-electron chi connectivity index (χ4n) is 2.41. The van der Waals surface area contributed by atoms with E-state index in [9.17, 15) is 4.79 Å². The Labute approximate surface area is 115 Å². The number of likely N-dealkylation sites (tertiary alicyclic amines) is 1. The molecule has 4 heteroatoms. The lowest BCUT2D eigenvalue weighted by Gasteiger charge is -2.32. The Morgan fingerprint density at radius 2 is 1.95 bits per heavy atom. The second-order valence-corrected chi connectivity index (χ2v) is 5.03. The van der Waals surface area contributed by atoms with Gasteiger partial charge in [-0.05, 0) is 44.0 Å². The number of urea groups is 1. The highest BCUT2D eigenvalue weighted by Gasteiger charge is 2.22. The van der Waals surface area contributed by atoms with E-state index in [0.29, 0.717) is 5.92 Å². The van der Waals surface area contributed by atoms with Crippen LogP contribution in [0.4, 0.5) is 10.5 Å². The van der Waals surface area contributed by atoms with Crippen LogP contribution in [0.3, 0.4) is 0 Å². The van der Waals surface area contributed by atoms with E-state index >= 15 is 0 Å². The van der Waals surface area contributed by atoms with Crippen LogP contribution in [0.25, 0.3) is 0 Å². The fourth-order valence-corrected chi connectivity index (χ4v) is 2.41. The number of hydrogen-bond acceptors (Lipinski definition) is 2. The zero-order chi connectivity index (χ0) is 13.5. The monoisotopic (exact) mass is 261 g/mol. The standard InChI is InChI=1S/C15H23N3O/c1-2-16-12-13-8-10-18(11-9-13)15(19)17-14-6-4-3-5-7-14/h3-7,13,16H,2,8-12H2,1H3,(H,17,19). The Morgan fingerprint density at radius 3 is 2.58 bits per heavy atom. The van der Waals surface area contributed by atoms with Crippen LogP contribution in [0.1, 0.15) is 19.8 Å². The molecule has 19 heavy (non-hydrogen) atoms. The number of anilines is 1. The van der Waals surface area contributed by atoms with Crippen molar-refractivity contribution in [2.24, 2.45) is 5.92 Å². The average molecular weight is 261 g/mol. The van der Waals surface area contributed by atoms with Gasteiger partial charge in [0.25, 0.3) is 0 Å². The topological polar surface area (TPSA) is 44.4 Å². The van der Waals surface area contributed by atoms with Crippen LogP contribution in [0.15, 0.2) is 30.3 Å². The molecule has 4 nitrogen and oxygen atoms in total. The first-order valence-corrected chi connectivity index (χ1v) is 7.11. The molecule has 0 spiro atoms. The maximum Gasteiger partial charge on any atom is 0.321 e. The van der Waals surface area contributed by atoms with E-state index in [1.165, 1.54) is 0 Å². The normalized spacial score (nSPS) is 16.4. The summed E-state index contributed by atoms with van der Waals surface area (Å²) in [6, 6.07) is 9.65. The molecule has 2 rings (SSSR count). The maximum atomic E-state index is 12.1. The van der Waals surface area contributed by atoms with Crippen LogP contribution in [0.2, 0.25) is 0 Å². The van der Waals surface area contributed by atoms with E-state index < -0.39 is 0 Å². The van der Waals surface area contributed by atoms with Crippen molar-refractivity contribution < 1.29 is 4.79 Å². The highest BCUT2D eigenvalue weighted by Crippen LogP contribution is 2.17. The molecule has 0 atom stereocenters. The van der Waals surface area contributed by atoms with Gasteiger partial charge >= 0.3 is 6.03 Å². The second kappa shape index (κ2) is 7.14. The van der Waals surface area contributed by atoms with Crippen molar-refractivity contribution in [1.82, 2.24) is 10.2 Å². The number of benzene rings is 1. The van der Waals surface area contributed by atoms with Crippen LogP contribution in [-0.4, -0.2) is 37.1 Å². The number of nitrogens with one attached hydrogen (secondary N) is 2. The van der Waals surface area contributed by atoms with Crippen LogP contribution in [0.5, 0.6) is 0 Å². The minimum atomic E-state index is 0.0214. The lowest BCUT2D eigenvalue weighted by atomic mass is 9.97. The number of hydrogen-bond donors (Lipinski definition) is 2. The summed E-state index contributed by atoms with van der Waals surface area (Å²) in [5, 5.41) is 6.32. The molecule has 104 valence electrons. The molecule has 1 aliphatic heterocycles. The van der Waals surface area contributed by atoms with Crippen molar-refractivity contribution in [2.45, 2.75) is 19.8 Å². The third-order valence-corrected chi connectivity index (χ3v) is 3.61. The van der Waals surface area contributed by atoms with Gasteiger partial charge < -0.3 is 15.5 Å². The molecule has 0 aromatic heterocycles. The SMILES string of the molecule is CCNCC1CCN(C(=O)Nc2ccccc2)CC1. The quantitative estimate of drug-likeness (QED) is 0.875. The van der Waals surface area contributed by atoms with Crippen molar-refractivity contribution >= 4 is 11.7 Å². The summed E-state index contributed by atoms with van der Waals surface area (Å²) >= 11 is 0. The van der Waals surface area contributed by atoms with E-state index in [4.69, 9.17) is 0 Å². The molecule has 1 fully saturated rings. The zero-order valence-electron chi connectivity index (χ0n) is 11.6. The predicted molar refractivity (Wildman–Crippen MR) is 78.3 cm³/mol. The van der Waals surface area contributed by atoms with Gasteiger partial charge in [0.05, 0.1) is 0 Å². The Balaban J connectivity index is 1.76. The van der Waals surface area contributed by atoms with Gasteiger partial charge in [0.2, 0.25) is 0 Å². The van der Waals surface area contributed by atoms with Crippen LogP contribution in [0, 0.1) is 5.92 Å². The first-order chi connectivity index (χ1) is 9.29. The largest absolute Gasteiger partial charge is 0.325 e. The van der Waals surface area contributed by atoms with Gasteiger partial charge in [-0.25, -0.2) is 4.79 Å². The molecule has 0 unspecified atom stereocenters. The third kappa shape index (κ3) is 4.24. The summed E-state index contributed by atoms with van der Waals surface area (Å²) < 4.78 is 0. The highest BCUT2D eigenvalue weighted by molar-refractivity contribution is 5.89. The Bertz CT molecular complexity index is 386. The smallest absolute Gasteiger partial charge is 0.321 e. The average Bonchev–Trinajstić information content (AvgIpc) is 2.46. The molecule has 2 amide bonds. The zero-order valence-corrected chi connectivity index (χ0v) is 11.6. The predicted octanol–water partition coefficient (Wildman–Crippen LogP) is 2.54. The molecule has 0 aliphatic carbocycles. The molecule has 1 aromatic carbocycles. The van der Waals surface area contributed by atoms with Crippen molar-refractivity contribution in [3.63, 3.8) is 0 Å². The van der Waals surface area contributed by atoms with Crippen LogP contribution >= 0.6 is 0 Å². The molecule has 1 heterocycles. The van der Waals surface area contributed by atoms with E-state index in [1.54, 1.807) is 0 Å². The Morgan fingerprint density at radius 1 is 1.26 bits per heavy atom. The number of carbonyl (C=O) groups excluding carboxylic acids is 1. The first kappa shape index (κ1) is 13.9. The van der Waals surface area contributed by atoms with E-state index in [2.05, 4.69) is 17.6 Å². The third-order valence-electron chi connectivity index (χ3n) is 3.61. The number of nitrogens with zero attached hydrogens (tertiary/aromatic N) is 1. The number of piperidine rings is 1. The molecular formula is C15H23N3O. The van der Waals surface area contributed by atoms with Gasteiger partial charge in [-0.15, -0.1) is 0 Å². The van der Waals surface area contributed by atoms with Crippen LogP contribution < -0.4 is 10.6 Å². The van der Waals surface area contributed by atoms with Crippen molar-refractivity contribution in [2.75, 3.05) is 31.5 Å².